The molecule has 0 bridgehead atoms. The van der Waals surface area contributed by atoms with Crippen LogP contribution in [-0.2, 0) is 32.6 Å². The minimum absolute atomic E-state index is 0.0354. The van der Waals surface area contributed by atoms with E-state index in [2.05, 4.69) is 5.32 Å². The van der Waals surface area contributed by atoms with Crippen LogP contribution in [0.15, 0.2) is 78.9 Å². The highest BCUT2D eigenvalue weighted by atomic mass is 32.2. The van der Waals surface area contributed by atoms with Crippen molar-refractivity contribution >= 4 is 27.5 Å². The summed E-state index contributed by atoms with van der Waals surface area (Å²) < 4.78 is 46.5. The second-order valence-corrected chi connectivity index (χ2v) is 12.2. The van der Waals surface area contributed by atoms with Gasteiger partial charge in [-0.1, -0.05) is 61.5 Å². The van der Waals surface area contributed by atoms with Gasteiger partial charge in [-0.15, -0.1) is 0 Å². The lowest BCUT2D eigenvalue weighted by Gasteiger charge is -2.33. The van der Waals surface area contributed by atoms with E-state index in [0.29, 0.717) is 17.9 Å². The molecule has 0 spiro atoms. The van der Waals surface area contributed by atoms with Gasteiger partial charge in [0.05, 0.1) is 19.1 Å². The lowest BCUT2D eigenvalue weighted by atomic mass is 10.0. The number of hydrogen-bond donors (Lipinski definition) is 1. The van der Waals surface area contributed by atoms with Crippen LogP contribution < -0.4 is 14.4 Å². The summed E-state index contributed by atoms with van der Waals surface area (Å²) in [6.45, 7) is 3.77. The van der Waals surface area contributed by atoms with Gasteiger partial charge in [0.1, 0.15) is 17.6 Å². The number of rotatable bonds is 15. The number of nitrogens with one attached hydrogen (secondary N) is 1. The van der Waals surface area contributed by atoms with Crippen molar-refractivity contribution in [3.63, 3.8) is 0 Å². The zero-order valence-corrected chi connectivity index (χ0v) is 25.4. The van der Waals surface area contributed by atoms with Gasteiger partial charge in [0.25, 0.3) is 0 Å². The second kappa shape index (κ2) is 15.3. The van der Waals surface area contributed by atoms with Crippen LogP contribution in [0.2, 0.25) is 0 Å². The molecule has 0 heterocycles. The van der Waals surface area contributed by atoms with Crippen molar-refractivity contribution in [2.75, 3.05) is 24.2 Å². The van der Waals surface area contributed by atoms with Gasteiger partial charge in [-0.3, -0.25) is 13.9 Å². The van der Waals surface area contributed by atoms with Crippen molar-refractivity contribution in [3.05, 3.63) is 95.8 Å². The van der Waals surface area contributed by atoms with Gasteiger partial charge in [0, 0.05) is 43.6 Å². The summed E-state index contributed by atoms with van der Waals surface area (Å²) in [6.07, 6.45) is 2.18. The molecular weight excluding hydrogens is 557 g/mol. The Hall–Kier alpha value is -3.92. The van der Waals surface area contributed by atoms with Crippen LogP contribution in [-0.4, -0.2) is 57.1 Å². The number of amides is 2. The molecule has 0 aliphatic carbocycles. The minimum Gasteiger partial charge on any atom is -0.497 e. The standard InChI is InChI=1S/C32H40FN3O5S/c1-5-24(2)34-32(38)30(21-25-13-7-6-8-14-25)35(23-26-15-9-10-18-29(26)33)31(37)19-12-20-36(42(4,39)40)27-16-11-17-28(22-27)41-3/h6-11,13-18,22,24,30H,5,12,19-21,23H2,1-4H3,(H,34,38)/t24-,30-/m0/s1. The maximum atomic E-state index is 14.8. The number of sulfonamides is 1. The van der Waals surface area contributed by atoms with Crippen LogP contribution in [0.3, 0.4) is 0 Å². The molecule has 3 aromatic rings. The van der Waals surface area contributed by atoms with Crippen LogP contribution in [0.5, 0.6) is 5.75 Å². The van der Waals surface area contributed by atoms with E-state index in [4.69, 9.17) is 4.74 Å². The molecule has 2 atom stereocenters. The number of anilines is 1. The first-order valence-corrected chi connectivity index (χ1v) is 15.9. The average Bonchev–Trinajstić information content (AvgIpc) is 2.97. The lowest BCUT2D eigenvalue weighted by molar-refractivity contribution is -0.141. The summed E-state index contributed by atoms with van der Waals surface area (Å²) >= 11 is 0. The Morgan fingerprint density at radius 2 is 1.69 bits per heavy atom. The topological polar surface area (TPSA) is 96.0 Å². The van der Waals surface area contributed by atoms with Crippen LogP contribution in [0.1, 0.15) is 44.2 Å². The van der Waals surface area contributed by atoms with Gasteiger partial charge in [-0.25, -0.2) is 12.8 Å². The first-order valence-electron chi connectivity index (χ1n) is 14.0. The van der Waals surface area contributed by atoms with Crippen molar-refractivity contribution in [1.29, 1.82) is 0 Å². The highest BCUT2D eigenvalue weighted by Crippen LogP contribution is 2.24. The van der Waals surface area contributed by atoms with E-state index >= 15 is 0 Å². The average molecular weight is 598 g/mol. The Bertz CT molecular complexity index is 1430. The summed E-state index contributed by atoms with van der Waals surface area (Å²) in [5, 5.41) is 2.99. The molecular formula is C32H40FN3O5S. The third-order valence-corrected chi connectivity index (χ3v) is 8.26. The molecule has 0 fully saturated rings. The van der Waals surface area contributed by atoms with Gasteiger partial charge in [0.15, 0.2) is 0 Å². The van der Waals surface area contributed by atoms with Gasteiger partial charge >= 0.3 is 0 Å². The molecule has 0 saturated heterocycles. The van der Waals surface area contributed by atoms with Gasteiger partial charge < -0.3 is 15.0 Å². The maximum absolute atomic E-state index is 14.8. The smallest absolute Gasteiger partial charge is 0.243 e. The third-order valence-electron chi connectivity index (χ3n) is 7.06. The molecule has 3 rings (SSSR count). The molecule has 0 saturated carbocycles. The molecule has 8 nitrogen and oxygen atoms in total. The summed E-state index contributed by atoms with van der Waals surface area (Å²) in [5.41, 5.74) is 1.56. The van der Waals surface area contributed by atoms with Crippen LogP contribution >= 0.6 is 0 Å². The Kier molecular flexibility index (Phi) is 11.9. The number of methoxy groups -OCH3 is 1. The molecule has 2 amide bonds. The zero-order valence-electron chi connectivity index (χ0n) is 24.6. The Balaban J connectivity index is 1.90. The van der Waals surface area contributed by atoms with Crippen LogP contribution in [0.4, 0.5) is 10.1 Å². The number of carbonyl (C=O) groups excluding carboxylic acids is 2. The van der Waals surface area contributed by atoms with Gasteiger partial charge in [-0.2, -0.15) is 0 Å². The maximum Gasteiger partial charge on any atom is 0.243 e. The number of hydrogen-bond acceptors (Lipinski definition) is 5. The fourth-order valence-electron chi connectivity index (χ4n) is 4.57. The molecule has 0 radical (unpaired) electrons. The zero-order chi connectivity index (χ0) is 30.7. The molecule has 1 N–H and O–H groups in total. The Morgan fingerprint density at radius 1 is 1.00 bits per heavy atom. The van der Waals surface area contributed by atoms with E-state index in [9.17, 15) is 22.4 Å². The van der Waals surface area contributed by atoms with E-state index in [1.807, 2.05) is 44.2 Å². The molecule has 0 aliphatic rings. The lowest BCUT2D eigenvalue weighted by Crippen LogP contribution is -2.52. The van der Waals surface area contributed by atoms with Gasteiger partial charge in [-0.05, 0) is 43.5 Å². The van der Waals surface area contributed by atoms with Crippen molar-refractivity contribution in [1.82, 2.24) is 10.2 Å². The van der Waals surface area contributed by atoms with Crippen LogP contribution in [0.25, 0.3) is 0 Å². The molecule has 0 aromatic heterocycles. The number of ether oxygens (including phenoxy) is 1. The number of carbonyl (C=O) groups is 2. The molecule has 42 heavy (non-hydrogen) atoms. The fourth-order valence-corrected chi connectivity index (χ4v) is 5.53. The molecule has 226 valence electrons. The highest BCUT2D eigenvalue weighted by molar-refractivity contribution is 7.92. The molecule has 0 aliphatic heterocycles. The normalized spacial score (nSPS) is 12.7. The number of benzene rings is 3. The van der Waals surface area contributed by atoms with Crippen LogP contribution in [0, 0.1) is 5.82 Å². The minimum atomic E-state index is -3.66. The van der Waals surface area contributed by atoms with Crippen molar-refractivity contribution in [2.45, 2.75) is 58.2 Å². The summed E-state index contributed by atoms with van der Waals surface area (Å²) in [6, 6.07) is 21.2. The third kappa shape index (κ3) is 9.30. The molecule has 10 heteroatoms. The van der Waals surface area contributed by atoms with Crippen molar-refractivity contribution < 1.29 is 27.1 Å². The van der Waals surface area contributed by atoms with E-state index < -0.39 is 21.9 Å². The monoisotopic (exact) mass is 597 g/mol. The van der Waals surface area contributed by atoms with E-state index in [1.54, 1.807) is 42.5 Å². The van der Waals surface area contributed by atoms with Gasteiger partial charge in [0.2, 0.25) is 21.8 Å². The number of halogens is 1. The van der Waals surface area contributed by atoms with E-state index in [1.165, 1.54) is 22.4 Å². The Morgan fingerprint density at radius 3 is 2.33 bits per heavy atom. The predicted molar refractivity (Wildman–Crippen MR) is 163 cm³/mol. The largest absolute Gasteiger partial charge is 0.497 e. The number of nitrogens with zero attached hydrogens (tertiary/aromatic N) is 2. The SMILES string of the molecule is CC[C@H](C)NC(=O)[C@H](Cc1ccccc1)N(Cc1ccccc1F)C(=O)CCCN(c1cccc(OC)c1)S(C)(=O)=O. The quantitative estimate of drug-likeness (QED) is 0.268. The summed E-state index contributed by atoms with van der Waals surface area (Å²) in [4.78, 5) is 28.9. The van der Waals surface area contributed by atoms with Crippen molar-refractivity contribution in [3.8, 4) is 5.75 Å². The molecule has 0 unspecified atom stereocenters. The molecule has 3 aromatic carbocycles. The van der Waals surface area contributed by atoms with E-state index in [0.717, 1.165) is 11.8 Å². The first kappa shape index (κ1) is 32.6. The second-order valence-electron chi connectivity index (χ2n) is 10.3. The first-order chi connectivity index (χ1) is 20.0. The predicted octanol–water partition coefficient (Wildman–Crippen LogP) is 4.94. The Labute approximate surface area is 248 Å². The highest BCUT2D eigenvalue weighted by Gasteiger charge is 2.31. The van der Waals surface area contributed by atoms with E-state index in [-0.39, 0.29) is 55.8 Å². The summed E-state index contributed by atoms with van der Waals surface area (Å²) in [5.74, 6) is -0.675. The fraction of sp³-hybridized carbons (Fsp3) is 0.375. The van der Waals surface area contributed by atoms with Crippen molar-refractivity contribution in [2.24, 2.45) is 0 Å². The summed E-state index contributed by atoms with van der Waals surface area (Å²) in [7, 11) is -2.17.